The SMILES string of the molecule is COc1ccc(C(CNS(=O)(=O)c2c(C)noc2C)c2ccccn2)cc1. The number of pyridine rings is 1. The second-order valence-electron chi connectivity index (χ2n) is 6.09. The number of aromatic nitrogens is 2. The molecule has 1 N–H and O–H groups in total. The maximum absolute atomic E-state index is 12.8. The number of ether oxygens (including phenoxy) is 1. The molecular weight excluding hydrogens is 366 g/mol. The Kier molecular flexibility index (Phi) is 5.57. The molecule has 142 valence electrons. The summed E-state index contributed by atoms with van der Waals surface area (Å²) in [5.41, 5.74) is 2.03. The average Bonchev–Trinajstić information content (AvgIpc) is 3.02. The molecule has 3 rings (SSSR count). The molecule has 0 aliphatic rings. The first-order valence-electron chi connectivity index (χ1n) is 8.40. The van der Waals surface area contributed by atoms with Crippen molar-refractivity contribution in [1.82, 2.24) is 14.9 Å². The minimum Gasteiger partial charge on any atom is -0.497 e. The van der Waals surface area contributed by atoms with Crippen molar-refractivity contribution < 1.29 is 17.7 Å². The van der Waals surface area contributed by atoms with Crippen molar-refractivity contribution in [2.75, 3.05) is 13.7 Å². The van der Waals surface area contributed by atoms with Crippen LogP contribution in [0.2, 0.25) is 0 Å². The Bertz CT molecular complexity index is 980. The van der Waals surface area contributed by atoms with E-state index in [2.05, 4.69) is 14.9 Å². The van der Waals surface area contributed by atoms with Gasteiger partial charge in [-0.3, -0.25) is 4.98 Å². The van der Waals surface area contributed by atoms with Gasteiger partial charge in [0.25, 0.3) is 0 Å². The summed E-state index contributed by atoms with van der Waals surface area (Å²) in [5.74, 6) is 0.737. The van der Waals surface area contributed by atoms with Gasteiger partial charge in [0.05, 0.1) is 7.11 Å². The highest BCUT2D eigenvalue weighted by Gasteiger charge is 2.26. The molecule has 2 heterocycles. The summed E-state index contributed by atoms with van der Waals surface area (Å²) in [5, 5.41) is 3.72. The van der Waals surface area contributed by atoms with Crippen molar-refractivity contribution in [1.29, 1.82) is 0 Å². The number of hydrogen-bond acceptors (Lipinski definition) is 6. The van der Waals surface area contributed by atoms with Crippen LogP contribution in [0.3, 0.4) is 0 Å². The number of hydrogen-bond donors (Lipinski definition) is 1. The molecule has 1 atom stereocenters. The van der Waals surface area contributed by atoms with E-state index in [0.717, 1.165) is 17.0 Å². The van der Waals surface area contributed by atoms with Gasteiger partial charge in [0.2, 0.25) is 10.0 Å². The number of sulfonamides is 1. The Balaban J connectivity index is 1.90. The molecule has 2 aromatic heterocycles. The molecule has 0 aliphatic carbocycles. The molecule has 8 heteroatoms. The van der Waals surface area contributed by atoms with Gasteiger partial charge in [0, 0.05) is 24.4 Å². The van der Waals surface area contributed by atoms with Crippen molar-refractivity contribution >= 4 is 10.0 Å². The van der Waals surface area contributed by atoms with E-state index in [1.165, 1.54) is 0 Å². The van der Waals surface area contributed by atoms with Crippen LogP contribution in [0, 0.1) is 13.8 Å². The Hall–Kier alpha value is -2.71. The van der Waals surface area contributed by atoms with Crippen molar-refractivity contribution in [3.05, 3.63) is 71.4 Å². The average molecular weight is 387 g/mol. The Labute approximate surface area is 158 Å². The van der Waals surface area contributed by atoms with E-state index in [4.69, 9.17) is 9.26 Å². The zero-order valence-electron chi connectivity index (χ0n) is 15.3. The fourth-order valence-corrected chi connectivity index (χ4v) is 4.31. The van der Waals surface area contributed by atoms with Crippen LogP contribution in [0.25, 0.3) is 0 Å². The molecule has 0 radical (unpaired) electrons. The van der Waals surface area contributed by atoms with Gasteiger partial charge < -0.3 is 9.26 Å². The summed E-state index contributed by atoms with van der Waals surface area (Å²) in [7, 11) is -2.16. The molecule has 0 bridgehead atoms. The van der Waals surface area contributed by atoms with Gasteiger partial charge >= 0.3 is 0 Å². The molecule has 1 unspecified atom stereocenters. The highest BCUT2D eigenvalue weighted by molar-refractivity contribution is 7.89. The molecule has 0 saturated heterocycles. The van der Waals surface area contributed by atoms with E-state index in [0.29, 0.717) is 5.69 Å². The molecular formula is C19H21N3O4S. The topological polar surface area (TPSA) is 94.3 Å². The molecule has 1 aromatic carbocycles. The Morgan fingerprint density at radius 3 is 2.44 bits per heavy atom. The predicted octanol–water partition coefficient (Wildman–Crippen LogP) is 2.81. The Morgan fingerprint density at radius 2 is 1.89 bits per heavy atom. The fraction of sp³-hybridized carbons (Fsp3) is 0.263. The molecule has 3 aromatic rings. The first-order chi connectivity index (χ1) is 12.9. The standard InChI is InChI=1S/C19H21N3O4S/c1-13-19(14(2)26-22-13)27(23,24)21-12-17(18-6-4-5-11-20-18)15-7-9-16(25-3)10-8-15/h4-11,17,21H,12H2,1-3H3. The van der Waals surface area contributed by atoms with Gasteiger partial charge in [-0.05, 0) is 43.7 Å². The van der Waals surface area contributed by atoms with Crippen LogP contribution in [-0.4, -0.2) is 32.2 Å². The number of benzene rings is 1. The van der Waals surface area contributed by atoms with E-state index in [1.54, 1.807) is 27.2 Å². The zero-order chi connectivity index (χ0) is 19.4. The Morgan fingerprint density at radius 1 is 1.15 bits per heavy atom. The quantitative estimate of drug-likeness (QED) is 0.670. The zero-order valence-corrected chi connectivity index (χ0v) is 16.2. The van der Waals surface area contributed by atoms with Gasteiger partial charge in [-0.2, -0.15) is 0 Å². The largest absolute Gasteiger partial charge is 0.497 e. The number of aryl methyl sites for hydroxylation is 2. The van der Waals surface area contributed by atoms with Gasteiger partial charge in [0.15, 0.2) is 5.76 Å². The number of nitrogens with zero attached hydrogens (tertiary/aromatic N) is 2. The normalized spacial score (nSPS) is 12.7. The highest BCUT2D eigenvalue weighted by Crippen LogP contribution is 2.26. The van der Waals surface area contributed by atoms with E-state index >= 15 is 0 Å². The predicted molar refractivity (Wildman–Crippen MR) is 100 cm³/mol. The van der Waals surface area contributed by atoms with Crippen LogP contribution in [-0.2, 0) is 10.0 Å². The van der Waals surface area contributed by atoms with Crippen molar-refractivity contribution in [2.24, 2.45) is 0 Å². The first kappa shape index (κ1) is 19.1. The first-order valence-corrected chi connectivity index (χ1v) is 9.88. The van der Waals surface area contributed by atoms with Crippen LogP contribution < -0.4 is 9.46 Å². The van der Waals surface area contributed by atoms with Crippen molar-refractivity contribution in [3.63, 3.8) is 0 Å². The lowest BCUT2D eigenvalue weighted by Crippen LogP contribution is -2.30. The number of rotatable bonds is 7. The fourth-order valence-electron chi connectivity index (χ4n) is 2.93. The summed E-state index contributed by atoms with van der Waals surface area (Å²) >= 11 is 0. The second-order valence-corrected chi connectivity index (χ2v) is 7.79. The molecule has 0 aliphatic heterocycles. The van der Waals surface area contributed by atoms with Crippen molar-refractivity contribution in [2.45, 2.75) is 24.7 Å². The summed E-state index contributed by atoms with van der Waals surface area (Å²) < 4.78 is 38.4. The molecule has 0 fully saturated rings. The maximum Gasteiger partial charge on any atom is 0.245 e. The summed E-state index contributed by atoms with van der Waals surface area (Å²) in [4.78, 5) is 4.48. The number of nitrogens with one attached hydrogen (secondary N) is 1. The molecule has 0 spiro atoms. The molecule has 0 amide bonds. The molecule has 7 nitrogen and oxygen atoms in total. The third-order valence-corrected chi connectivity index (χ3v) is 5.94. The summed E-state index contributed by atoms with van der Waals surface area (Å²) in [6.07, 6.45) is 1.69. The second kappa shape index (κ2) is 7.89. The van der Waals surface area contributed by atoms with Crippen LogP contribution in [0.5, 0.6) is 5.75 Å². The lowest BCUT2D eigenvalue weighted by molar-refractivity contribution is 0.390. The van der Waals surface area contributed by atoms with Crippen LogP contribution in [0.1, 0.15) is 28.6 Å². The molecule has 27 heavy (non-hydrogen) atoms. The number of methoxy groups -OCH3 is 1. The third-order valence-electron chi connectivity index (χ3n) is 4.28. The van der Waals surface area contributed by atoms with E-state index < -0.39 is 10.0 Å². The van der Waals surface area contributed by atoms with Gasteiger partial charge in [-0.1, -0.05) is 23.4 Å². The van der Waals surface area contributed by atoms with Gasteiger partial charge in [0.1, 0.15) is 16.3 Å². The van der Waals surface area contributed by atoms with Gasteiger partial charge in [-0.25, -0.2) is 13.1 Å². The van der Waals surface area contributed by atoms with Crippen molar-refractivity contribution in [3.8, 4) is 5.75 Å². The maximum atomic E-state index is 12.8. The summed E-state index contributed by atoms with van der Waals surface area (Å²) in [6.45, 7) is 3.33. The lowest BCUT2D eigenvalue weighted by Gasteiger charge is -2.18. The van der Waals surface area contributed by atoms with E-state index in [-0.39, 0.29) is 23.1 Å². The highest BCUT2D eigenvalue weighted by atomic mass is 32.2. The van der Waals surface area contributed by atoms with Crippen LogP contribution in [0.4, 0.5) is 0 Å². The van der Waals surface area contributed by atoms with Crippen LogP contribution >= 0.6 is 0 Å². The monoisotopic (exact) mass is 387 g/mol. The minimum absolute atomic E-state index is 0.0806. The third kappa shape index (κ3) is 4.17. The van der Waals surface area contributed by atoms with Crippen LogP contribution in [0.15, 0.2) is 58.1 Å². The van der Waals surface area contributed by atoms with E-state index in [9.17, 15) is 8.42 Å². The lowest BCUT2D eigenvalue weighted by atomic mass is 9.95. The minimum atomic E-state index is -3.76. The molecule has 0 saturated carbocycles. The van der Waals surface area contributed by atoms with Gasteiger partial charge in [-0.15, -0.1) is 0 Å². The summed E-state index contributed by atoms with van der Waals surface area (Å²) in [6, 6.07) is 13.1. The van der Waals surface area contributed by atoms with E-state index in [1.807, 2.05) is 42.5 Å². The smallest absolute Gasteiger partial charge is 0.245 e.